The van der Waals surface area contributed by atoms with Crippen LogP contribution < -0.4 is 0 Å². The molecule has 2 rings (SSSR count). The molecular weight excluding hydrogens is 202 g/mol. The molecule has 0 aliphatic carbocycles. The fraction of sp³-hybridized carbons (Fsp3) is 0.538. The van der Waals surface area contributed by atoms with E-state index in [-0.39, 0.29) is 6.10 Å². The molecule has 0 spiro atoms. The molecule has 16 heavy (non-hydrogen) atoms. The summed E-state index contributed by atoms with van der Waals surface area (Å²) >= 11 is 0. The highest BCUT2D eigenvalue weighted by Gasteiger charge is 2.16. The van der Waals surface area contributed by atoms with Crippen LogP contribution in [0, 0.1) is 0 Å². The number of hydrogen-bond acceptors (Lipinski definition) is 3. The summed E-state index contributed by atoms with van der Waals surface area (Å²) in [7, 11) is 0. The lowest BCUT2D eigenvalue weighted by molar-refractivity contribution is -0.0230. The number of benzene rings is 1. The molecule has 1 saturated heterocycles. The zero-order valence-corrected chi connectivity index (χ0v) is 9.51. The maximum atomic E-state index is 9.50. The van der Waals surface area contributed by atoms with E-state index in [0.717, 1.165) is 25.9 Å². The molecule has 0 aromatic heterocycles. The van der Waals surface area contributed by atoms with E-state index in [1.807, 2.05) is 18.2 Å². The standard InChI is InChI=1S/C13H19NO2/c15-13-7-4-8-14(9-13)11-16-10-12-5-2-1-3-6-12/h1-3,5-6,13,15H,4,7-11H2. The number of β-amino-alcohol motifs (C(OH)–C–C–N with tert-alkyl or cyclic N) is 1. The summed E-state index contributed by atoms with van der Waals surface area (Å²) in [6.07, 6.45) is 1.82. The number of aliphatic hydroxyl groups is 1. The molecule has 0 amide bonds. The Hall–Kier alpha value is -0.900. The second-order valence-corrected chi connectivity index (χ2v) is 4.34. The zero-order chi connectivity index (χ0) is 11.2. The Morgan fingerprint density at radius 1 is 1.31 bits per heavy atom. The van der Waals surface area contributed by atoms with Crippen LogP contribution >= 0.6 is 0 Å². The number of nitrogens with zero attached hydrogens (tertiary/aromatic N) is 1. The van der Waals surface area contributed by atoms with E-state index in [4.69, 9.17) is 4.74 Å². The van der Waals surface area contributed by atoms with Crippen molar-refractivity contribution >= 4 is 0 Å². The topological polar surface area (TPSA) is 32.7 Å². The molecule has 3 heteroatoms. The number of rotatable bonds is 4. The molecule has 1 fully saturated rings. The van der Waals surface area contributed by atoms with Crippen molar-refractivity contribution in [3.05, 3.63) is 35.9 Å². The summed E-state index contributed by atoms with van der Waals surface area (Å²) in [5, 5.41) is 9.50. The molecule has 0 radical (unpaired) electrons. The highest BCUT2D eigenvalue weighted by molar-refractivity contribution is 5.13. The van der Waals surface area contributed by atoms with Gasteiger partial charge in [0, 0.05) is 13.1 Å². The molecule has 1 aromatic rings. The summed E-state index contributed by atoms with van der Waals surface area (Å²) in [6, 6.07) is 10.2. The normalized spacial score (nSPS) is 22.2. The van der Waals surface area contributed by atoms with Crippen molar-refractivity contribution in [3.8, 4) is 0 Å². The lowest BCUT2D eigenvalue weighted by atomic mass is 10.1. The molecule has 1 aliphatic rings. The van der Waals surface area contributed by atoms with Crippen molar-refractivity contribution in [2.45, 2.75) is 25.6 Å². The lowest BCUT2D eigenvalue weighted by Crippen LogP contribution is -2.39. The average molecular weight is 221 g/mol. The van der Waals surface area contributed by atoms with Gasteiger partial charge in [0.15, 0.2) is 0 Å². The molecule has 1 heterocycles. The number of piperidine rings is 1. The van der Waals surface area contributed by atoms with E-state index in [2.05, 4.69) is 17.0 Å². The van der Waals surface area contributed by atoms with E-state index in [0.29, 0.717) is 13.3 Å². The molecular formula is C13H19NO2. The van der Waals surface area contributed by atoms with Crippen molar-refractivity contribution in [2.75, 3.05) is 19.8 Å². The van der Waals surface area contributed by atoms with Gasteiger partial charge < -0.3 is 9.84 Å². The predicted molar refractivity (Wildman–Crippen MR) is 62.9 cm³/mol. The van der Waals surface area contributed by atoms with E-state index in [1.54, 1.807) is 0 Å². The summed E-state index contributed by atoms with van der Waals surface area (Å²) in [5.41, 5.74) is 1.19. The number of aliphatic hydroxyl groups excluding tert-OH is 1. The van der Waals surface area contributed by atoms with Crippen molar-refractivity contribution in [3.63, 3.8) is 0 Å². The molecule has 0 bridgehead atoms. The van der Waals surface area contributed by atoms with Crippen molar-refractivity contribution in [1.29, 1.82) is 0 Å². The van der Waals surface area contributed by atoms with Crippen LogP contribution in [0.25, 0.3) is 0 Å². The smallest absolute Gasteiger partial charge is 0.0995 e. The van der Waals surface area contributed by atoms with Crippen LogP contribution in [0.2, 0.25) is 0 Å². The van der Waals surface area contributed by atoms with Crippen LogP contribution in [0.4, 0.5) is 0 Å². The number of ether oxygens (including phenoxy) is 1. The fourth-order valence-corrected chi connectivity index (χ4v) is 2.02. The first-order valence-electron chi connectivity index (χ1n) is 5.86. The molecule has 1 unspecified atom stereocenters. The van der Waals surface area contributed by atoms with Gasteiger partial charge in [0.05, 0.1) is 19.4 Å². The third-order valence-electron chi connectivity index (χ3n) is 2.87. The van der Waals surface area contributed by atoms with E-state index >= 15 is 0 Å². The summed E-state index contributed by atoms with van der Waals surface area (Å²) in [6.45, 7) is 3.04. The SMILES string of the molecule is OC1CCCN(COCc2ccccc2)C1. The Morgan fingerprint density at radius 3 is 2.88 bits per heavy atom. The van der Waals surface area contributed by atoms with Crippen LogP contribution in [0.15, 0.2) is 30.3 Å². The zero-order valence-electron chi connectivity index (χ0n) is 9.51. The van der Waals surface area contributed by atoms with Gasteiger partial charge >= 0.3 is 0 Å². The van der Waals surface area contributed by atoms with E-state index in [1.165, 1.54) is 5.56 Å². The quantitative estimate of drug-likeness (QED) is 0.838. The van der Waals surface area contributed by atoms with Gasteiger partial charge in [0.25, 0.3) is 0 Å². The highest BCUT2D eigenvalue weighted by Crippen LogP contribution is 2.10. The third-order valence-corrected chi connectivity index (χ3v) is 2.87. The molecule has 1 N–H and O–H groups in total. The van der Waals surface area contributed by atoms with Gasteiger partial charge in [-0.05, 0) is 18.4 Å². The first-order chi connectivity index (χ1) is 7.84. The second kappa shape index (κ2) is 5.99. The summed E-state index contributed by atoms with van der Waals surface area (Å²) < 4.78 is 5.62. The average Bonchev–Trinajstić information content (AvgIpc) is 2.30. The summed E-state index contributed by atoms with van der Waals surface area (Å²) in [4.78, 5) is 2.16. The number of likely N-dealkylation sites (tertiary alicyclic amines) is 1. The van der Waals surface area contributed by atoms with Crippen LogP contribution in [-0.4, -0.2) is 35.9 Å². The molecule has 1 aromatic carbocycles. The van der Waals surface area contributed by atoms with Gasteiger partial charge in [-0.1, -0.05) is 30.3 Å². The maximum Gasteiger partial charge on any atom is 0.0995 e. The van der Waals surface area contributed by atoms with Gasteiger partial charge in [0.2, 0.25) is 0 Å². The first-order valence-corrected chi connectivity index (χ1v) is 5.86. The Kier molecular flexibility index (Phi) is 4.34. The van der Waals surface area contributed by atoms with Crippen LogP contribution in [0.5, 0.6) is 0 Å². The summed E-state index contributed by atoms with van der Waals surface area (Å²) in [5.74, 6) is 0. The van der Waals surface area contributed by atoms with Crippen LogP contribution in [-0.2, 0) is 11.3 Å². The Morgan fingerprint density at radius 2 is 2.12 bits per heavy atom. The largest absolute Gasteiger partial charge is 0.392 e. The predicted octanol–water partition coefficient (Wildman–Crippen LogP) is 1.62. The molecule has 1 atom stereocenters. The monoisotopic (exact) mass is 221 g/mol. The van der Waals surface area contributed by atoms with Gasteiger partial charge in [-0.15, -0.1) is 0 Å². The van der Waals surface area contributed by atoms with Crippen molar-refractivity contribution in [1.82, 2.24) is 4.90 Å². The van der Waals surface area contributed by atoms with Gasteiger partial charge in [-0.3, -0.25) is 4.90 Å². The van der Waals surface area contributed by atoms with Gasteiger partial charge in [-0.2, -0.15) is 0 Å². The second-order valence-electron chi connectivity index (χ2n) is 4.34. The van der Waals surface area contributed by atoms with Gasteiger partial charge in [-0.25, -0.2) is 0 Å². The molecule has 88 valence electrons. The fourth-order valence-electron chi connectivity index (χ4n) is 2.02. The van der Waals surface area contributed by atoms with Crippen molar-refractivity contribution < 1.29 is 9.84 Å². The Balaban J connectivity index is 1.68. The molecule has 1 aliphatic heterocycles. The minimum Gasteiger partial charge on any atom is -0.392 e. The maximum absolute atomic E-state index is 9.50. The Bertz CT molecular complexity index is 302. The molecule has 3 nitrogen and oxygen atoms in total. The van der Waals surface area contributed by atoms with E-state index in [9.17, 15) is 5.11 Å². The number of hydrogen-bond donors (Lipinski definition) is 1. The lowest BCUT2D eigenvalue weighted by Gasteiger charge is -2.29. The minimum absolute atomic E-state index is 0.172. The highest BCUT2D eigenvalue weighted by atomic mass is 16.5. The Labute approximate surface area is 96.6 Å². The first kappa shape index (κ1) is 11.6. The van der Waals surface area contributed by atoms with Crippen LogP contribution in [0.3, 0.4) is 0 Å². The van der Waals surface area contributed by atoms with Crippen molar-refractivity contribution in [2.24, 2.45) is 0 Å². The minimum atomic E-state index is -0.172. The van der Waals surface area contributed by atoms with Gasteiger partial charge in [0.1, 0.15) is 0 Å². The molecule has 0 saturated carbocycles. The third kappa shape index (κ3) is 3.59. The van der Waals surface area contributed by atoms with Crippen LogP contribution in [0.1, 0.15) is 18.4 Å². The van der Waals surface area contributed by atoms with E-state index < -0.39 is 0 Å².